The third-order valence-corrected chi connectivity index (χ3v) is 3.50. The van der Waals surface area contributed by atoms with Gasteiger partial charge in [-0.05, 0) is 32.8 Å². The SMILES string of the molecule is Cc1ccnc(-c2cnc(N3CCCC3C)nc2)n1. The molecule has 0 radical (unpaired) electrons. The molecular weight excluding hydrogens is 238 g/mol. The Morgan fingerprint density at radius 3 is 2.63 bits per heavy atom. The largest absolute Gasteiger partial charge is 0.338 e. The predicted molar refractivity (Wildman–Crippen MR) is 73.8 cm³/mol. The molecule has 1 fully saturated rings. The van der Waals surface area contributed by atoms with Crippen molar-refractivity contribution < 1.29 is 0 Å². The number of nitrogens with zero attached hydrogens (tertiary/aromatic N) is 5. The number of hydrogen-bond acceptors (Lipinski definition) is 5. The van der Waals surface area contributed by atoms with Gasteiger partial charge < -0.3 is 4.90 Å². The molecule has 2 aromatic rings. The Hall–Kier alpha value is -2.04. The molecule has 2 aromatic heterocycles. The first-order valence-electron chi connectivity index (χ1n) is 6.63. The van der Waals surface area contributed by atoms with E-state index in [4.69, 9.17) is 0 Å². The second-order valence-electron chi connectivity index (χ2n) is 4.98. The number of hydrogen-bond donors (Lipinski definition) is 0. The molecular formula is C14H17N5. The highest BCUT2D eigenvalue weighted by Gasteiger charge is 2.22. The first-order chi connectivity index (χ1) is 9.24. The van der Waals surface area contributed by atoms with Gasteiger partial charge in [0.15, 0.2) is 5.82 Å². The minimum atomic E-state index is 0.529. The van der Waals surface area contributed by atoms with Gasteiger partial charge in [-0.3, -0.25) is 0 Å². The van der Waals surface area contributed by atoms with E-state index in [1.54, 1.807) is 6.20 Å². The Morgan fingerprint density at radius 2 is 2.00 bits per heavy atom. The molecule has 0 bridgehead atoms. The van der Waals surface area contributed by atoms with E-state index in [1.807, 2.05) is 25.4 Å². The summed E-state index contributed by atoms with van der Waals surface area (Å²) in [6.45, 7) is 5.21. The van der Waals surface area contributed by atoms with Crippen molar-refractivity contribution in [3.8, 4) is 11.4 Å². The number of anilines is 1. The summed E-state index contributed by atoms with van der Waals surface area (Å²) in [7, 11) is 0. The maximum atomic E-state index is 4.45. The summed E-state index contributed by atoms with van der Waals surface area (Å²) >= 11 is 0. The van der Waals surface area contributed by atoms with E-state index in [9.17, 15) is 0 Å². The van der Waals surface area contributed by atoms with Gasteiger partial charge in [0, 0.05) is 36.9 Å². The van der Waals surface area contributed by atoms with Crippen LogP contribution in [0, 0.1) is 6.92 Å². The quantitative estimate of drug-likeness (QED) is 0.823. The smallest absolute Gasteiger partial charge is 0.225 e. The molecule has 0 aromatic carbocycles. The molecule has 0 amide bonds. The van der Waals surface area contributed by atoms with Crippen LogP contribution in [-0.2, 0) is 0 Å². The van der Waals surface area contributed by atoms with Gasteiger partial charge in [0.2, 0.25) is 5.95 Å². The summed E-state index contributed by atoms with van der Waals surface area (Å²) in [5.41, 5.74) is 1.81. The van der Waals surface area contributed by atoms with Gasteiger partial charge in [-0.2, -0.15) is 0 Å². The Balaban J connectivity index is 1.86. The first-order valence-corrected chi connectivity index (χ1v) is 6.63. The van der Waals surface area contributed by atoms with Gasteiger partial charge in [0.1, 0.15) is 0 Å². The molecule has 3 rings (SSSR count). The van der Waals surface area contributed by atoms with E-state index in [-0.39, 0.29) is 0 Å². The summed E-state index contributed by atoms with van der Waals surface area (Å²) < 4.78 is 0. The number of aryl methyl sites for hydroxylation is 1. The molecule has 19 heavy (non-hydrogen) atoms. The monoisotopic (exact) mass is 255 g/mol. The lowest BCUT2D eigenvalue weighted by Crippen LogP contribution is -2.28. The standard InChI is InChI=1S/C14H17N5/c1-10-5-6-15-13(18-10)12-8-16-14(17-9-12)19-7-3-4-11(19)2/h5-6,8-9,11H,3-4,7H2,1-2H3. The summed E-state index contributed by atoms with van der Waals surface area (Å²) in [5.74, 6) is 1.49. The third-order valence-electron chi connectivity index (χ3n) is 3.50. The van der Waals surface area contributed by atoms with Crippen molar-refractivity contribution in [3.63, 3.8) is 0 Å². The number of rotatable bonds is 2. The lowest BCUT2D eigenvalue weighted by molar-refractivity contribution is 0.717. The highest BCUT2D eigenvalue weighted by molar-refractivity contribution is 5.53. The zero-order chi connectivity index (χ0) is 13.2. The molecule has 5 heteroatoms. The van der Waals surface area contributed by atoms with Gasteiger partial charge in [-0.15, -0.1) is 0 Å². The second-order valence-corrected chi connectivity index (χ2v) is 4.98. The normalized spacial score (nSPS) is 18.8. The van der Waals surface area contributed by atoms with Crippen LogP contribution in [0.2, 0.25) is 0 Å². The van der Waals surface area contributed by atoms with Gasteiger partial charge in [0.05, 0.1) is 5.56 Å². The van der Waals surface area contributed by atoms with Crippen molar-refractivity contribution in [2.45, 2.75) is 32.7 Å². The fraction of sp³-hybridized carbons (Fsp3) is 0.429. The molecule has 5 nitrogen and oxygen atoms in total. The highest BCUT2D eigenvalue weighted by atomic mass is 15.3. The maximum absolute atomic E-state index is 4.45. The van der Waals surface area contributed by atoms with Crippen LogP contribution in [0.15, 0.2) is 24.7 Å². The molecule has 1 atom stereocenters. The molecule has 0 saturated carbocycles. The molecule has 0 N–H and O–H groups in total. The molecule has 1 aliphatic rings. The average Bonchev–Trinajstić information content (AvgIpc) is 2.85. The first kappa shape index (κ1) is 12.0. The molecule has 1 saturated heterocycles. The van der Waals surface area contributed by atoms with Crippen molar-refractivity contribution in [3.05, 3.63) is 30.4 Å². The minimum Gasteiger partial charge on any atom is -0.338 e. The summed E-state index contributed by atoms with van der Waals surface area (Å²) in [6, 6.07) is 2.41. The molecule has 1 unspecified atom stereocenters. The Kier molecular flexibility index (Phi) is 3.11. The van der Waals surface area contributed by atoms with E-state index in [1.165, 1.54) is 12.8 Å². The van der Waals surface area contributed by atoms with E-state index < -0.39 is 0 Å². The van der Waals surface area contributed by atoms with Crippen molar-refractivity contribution in [1.82, 2.24) is 19.9 Å². The van der Waals surface area contributed by atoms with Crippen LogP contribution in [0.25, 0.3) is 11.4 Å². The second kappa shape index (κ2) is 4.91. The number of aromatic nitrogens is 4. The molecule has 0 aliphatic carbocycles. The van der Waals surface area contributed by atoms with Crippen LogP contribution in [0.5, 0.6) is 0 Å². The molecule has 3 heterocycles. The predicted octanol–water partition coefficient (Wildman–Crippen LogP) is 2.23. The lowest BCUT2D eigenvalue weighted by atomic mass is 10.2. The Morgan fingerprint density at radius 1 is 1.21 bits per heavy atom. The molecule has 1 aliphatic heterocycles. The maximum Gasteiger partial charge on any atom is 0.225 e. The van der Waals surface area contributed by atoms with Crippen LogP contribution in [-0.4, -0.2) is 32.5 Å². The average molecular weight is 255 g/mol. The molecule has 0 spiro atoms. The van der Waals surface area contributed by atoms with Crippen molar-refractivity contribution >= 4 is 5.95 Å². The van der Waals surface area contributed by atoms with Crippen molar-refractivity contribution in [2.75, 3.05) is 11.4 Å². The van der Waals surface area contributed by atoms with Gasteiger partial charge in [-0.25, -0.2) is 19.9 Å². The summed E-state index contributed by atoms with van der Waals surface area (Å²) in [5, 5.41) is 0. The van der Waals surface area contributed by atoms with Crippen LogP contribution in [0.1, 0.15) is 25.5 Å². The Labute approximate surface area is 112 Å². The third kappa shape index (κ3) is 2.41. The topological polar surface area (TPSA) is 54.8 Å². The summed E-state index contributed by atoms with van der Waals surface area (Å²) in [4.78, 5) is 19.8. The minimum absolute atomic E-state index is 0.529. The lowest BCUT2D eigenvalue weighted by Gasteiger charge is -2.20. The van der Waals surface area contributed by atoms with Gasteiger partial charge in [-0.1, -0.05) is 0 Å². The van der Waals surface area contributed by atoms with Crippen LogP contribution >= 0.6 is 0 Å². The fourth-order valence-electron chi connectivity index (χ4n) is 2.40. The van der Waals surface area contributed by atoms with E-state index in [0.717, 1.165) is 23.8 Å². The van der Waals surface area contributed by atoms with E-state index in [0.29, 0.717) is 11.9 Å². The highest BCUT2D eigenvalue weighted by Crippen LogP contribution is 2.22. The van der Waals surface area contributed by atoms with E-state index >= 15 is 0 Å². The van der Waals surface area contributed by atoms with E-state index in [2.05, 4.69) is 31.8 Å². The van der Waals surface area contributed by atoms with Gasteiger partial charge in [0.25, 0.3) is 0 Å². The van der Waals surface area contributed by atoms with Crippen LogP contribution in [0.3, 0.4) is 0 Å². The Bertz CT molecular complexity index is 566. The van der Waals surface area contributed by atoms with Gasteiger partial charge >= 0.3 is 0 Å². The van der Waals surface area contributed by atoms with Crippen molar-refractivity contribution in [1.29, 1.82) is 0 Å². The summed E-state index contributed by atoms with van der Waals surface area (Å²) in [6.07, 6.45) is 7.80. The van der Waals surface area contributed by atoms with Crippen LogP contribution in [0.4, 0.5) is 5.95 Å². The fourth-order valence-corrected chi connectivity index (χ4v) is 2.40. The van der Waals surface area contributed by atoms with Crippen molar-refractivity contribution in [2.24, 2.45) is 0 Å². The zero-order valence-corrected chi connectivity index (χ0v) is 11.2. The zero-order valence-electron chi connectivity index (χ0n) is 11.2. The molecule has 98 valence electrons. The van der Waals surface area contributed by atoms with Crippen LogP contribution < -0.4 is 4.90 Å².